The van der Waals surface area contributed by atoms with Gasteiger partial charge in [-0.3, -0.25) is 9.59 Å². The standard InChI is InChI=1S/C6H13NO3.C5H9NO3/c1-3(4(2)8)5(7)6(9)10;7-3-1-4(5(8)9)6-2-3/h3-5,8H,7H2,1-2H3,(H,9,10);3-4,6-7H,1-2H2,(H,8,9)/t;3?,4-/m.0/s1. The van der Waals surface area contributed by atoms with Crippen LogP contribution in [0.4, 0.5) is 0 Å². The number of carboxylic acid groups (broad SMARTS) is 2. The lowest BCUT2D eigenvalue weighted by molar-refractivity contribution is -0.141. The fraction of sp³-hybridized carbons (Fsp3) is 0.818. The van der Waals surface area contributed by atoms with Gasteiger partial charge in [0.1, 0.15) is 12.1 Å². The van der Waals surface area contributed by atoms with Gasteiger partial charge in [-0.2, -0.15) is 0 Å². The van der Waals surface area contributed by atoms with Crippen LogP contribution in [0.1, 0.15) is 20.3 Å². The summed E-state index contributed by atoms with van der Waals surface area (Å²) in [5.74, 6) is -2.36. The summed E-state index contributed by atoms with van der Waals surface area (Å²) in [5.41, 5.74) is 5.20. The van der Waals surface area contributed by atoms with E-state index in [4.69, 9.17) is 26.2 Å². The SMILES string of the molecule is CC(O)C(C)C(N)C(=O)O.O=C(O)[C@@H]1CC(O)CN1. The van der Waals surface area contributed by atoms with Crippen LogP contribution in [-0.2, 0) is 9.59 Å². The maximum Gasteiger partial charge on any atom is 0.320 e. The molecule has 1 rings (SSSR count). The highest BCUT2D eigenvalue weighted by Crippen LogP contribution is 2.06. The number of β-amino-alcohol motifs (C(OH)–C–C–N with tert-alkyl or cyclic N) is 1. The first-order valence-corrected chi connectivity index (χ1v) is 5.97. The summed E-state index contributed by atoms with van der Waals surface area (Å²) in [5, 5.41) is 37.1. The Labute approximate surface area is 111 Å². The van der Waals surface area contributed by atoms with E-state index >= 15 is 0 Å². The lowest BCUT2D eigenvalue weighted by atomic mass is 9.98. The number of carboxylic acids is 2. The molecule has 19 heavy (non-hydrogen) atoms. The van der Waals surface area contributed by atoms with Gasteiger partial charge in [0, 0.05) is 18.9 Å². The van der Waals surface area contributed by atoms with Gasteiger partial charge in [0.25, 0.3) is 0 Å². The van der Waals surface area contributed by atoms with Crippen LogP contribution in [0.25, 0.3) is 0 Å². The third-order valence-corrected chi connectivity index (χ3v) is 3.02. The smallest absolute Gasteiger partial charge is 0.320 e. The molecule has 1 aliphatic heterocycles. The fourth-order valence-corrected chi connectivity index (χ4v) is 1.43. The van der Waals surface area contributed by atoms with Crippen LogP contribution in [0.3, 0.4) is 0 Å². The van der Waals surface area contributed by atoms with Crippen LogP contribution in [0.15, 0.2) is 0 Å². The Morgan fingerprint density at radius 3 is 2.00 bits per heavy atom. The Bertz CT molecular complexity index is 310. The van der Waals surface area contributed by atoms with Crippen molar-refractivity contribution >= 4 is 11.9 Å². The second kappa shape index (κ2) is 8.05. The summed E-state index contributed by atoms with van der Waals surface area (Å²) < 4.78 is 0. The Balaban J connectivity index is 0.000000342. The third-order valence-electron chi connectivity index (χ3n) is 3.02. The predicted molar refractivity (Wildman–Crippen MR) is 66.5 cm³/mol. The van der Waals surface area contributed by atoms with Gasteiger partial charge in [0.05, 0.1) is 12.2 Å². The van der Waals surface area contributed by atoms with Crippen molar-refractivity contribution in [3.05, 3.63) is 0 Å². The molecule has 0 radical (unpaired) electrons. The maximum atomic E-state index is 10.2. The largest absolute Gasteiger partial charge is 0.480 e. The van der Waals surface area contributed by atoms with Crippen molar-refractivity contribution in [2.75, 3.05) is 6.54 Å². The van der Waals surface area contributed by atoms with E-state index < -0.39 is 42.1 Å². The van der Waals surface area contributed by atoms with Gasteiger partial charge in [-0.25, -0.2) is 0 Å². The Morgan fingerprint density at radius 1 is 1.32 bits per heavy atom. The predicted octanol–water partition coefficient (Wildman–Crippen LogP) is -1.79. The first kappa shape index (κ1) is 17.8. The van der Waals surface area contributed by atoms with Crippen LogP contribution < -0.4 is 11.1 Å². The molecular formula is C11H22N2O6. The van der Waals surface area contributed by atoms with Crippen molar-refractivity contribution in [1.29, 1.82) is 0 Å². The minimum Gasteiger partial charge on any atom is -0.480 e. The molecule has 8 heteroatoms. The van der Waals surface area contributed by atoms with Crippen molar-refractivity contribution in [3.8, 4) is 0 Å². The minimum absolute atomic E-state index is 0.329. The molecule has 8 nitrogen and oxygen atoms in total. The molecule has 1 fully saturated rings. The zero-order valence-corrected chi connectivity index (χ0v) is 11.0. The second-order valence-electron chi connectivity index (χ2n) is 4.65. The highest BCUT2D eigenvalue weighted by atomic mass is 16.4. The highest BCUT2D eigenvalue weighted by molar-refractivity contribution is 5.74. The molecule has 7 N–H and O–H groups in total. The number of aliphatic hydroxyl groups excluding tert-OH is 2. The van der Waals surface area contributed by atoms with E-state index in [-0.39, 0.29) is 0 Å². The molecule has 112 valence electrons. The van der Waals surface area contributed by atoms with Crippen LogP contribution in [-0.4, -0.2) is 63.2 Å². The van der Waals surface area contributed by atoms with Crippen molar-refractivity contribution in [3.63, 3.8) is 0 Å². The number of hydrogen-bond acceptors (Lipinski definition) is 6. The molecule has 5 atom stereocenters. The third kappa shape index (κ3) is 6.48. The minimum atomic E-state index is -1.08. The van der Waals surface area contributed by atoms with E-state index in [1.54, 1.807) is 6.92 Å². The molecule has 1 aliphatic rings. The van der Waals surface area contributed by atoms with E-state index in [0.717, 1.165) is 0 Å². The lowest BCUT2D eigenvalue weighted by Crippen LogP contribution is -2.41. The van der Waals surface area contributed by atoms with Crippen LogP contribution in [0.2, 0.25) is 0 Å². The number of aliphatic carboxylic acids is 2. The molecule has 4 unspecified atom stereocenters. The summed E-state index contributed by atoms with van der Waals surface area (Å²) in [6.07, 6.45) is -0.827. The van der Waals surface area contributed by atoms with Crippen LogP contribution >= 0.6 is 0 Å². The highest BCUT2D eigenvalue weighted by Gasteiger charge is 2.27. The van der Waals surface area contributed by atoms with Gasteiger partial charge in [0.15, 0.2) is 0 Å². The van der Waals surface area contributed by atoms with Gasteiger partial charge >= 0.3 is 11.9 Å². The molecule has 0 aromatic heterocycles. The molecule has 0 aromatic carbocycles. The van der Waals surface area contributed by atoms with Gasteiger partial charge < -0.3 is 31.5 Å². The molecular weight excluding hydrogens is 256 g/mol. The molecule has 1 heterocycles. The molecule has 0 spiro atoms. The molecule has 0 aliphatic carbocycles. The van der Waals surface area contributed by atoms with Gasteiger partial charge in [0.2, 0.25) is 0 Å². The Morgan fingerprint density at radius 2 is 1.84 bits per heavy atom. The fourth-order valence-electron chi connectivity index (χ4n) is 1.43. The lowest BCUT2D eigenvalue weighted by Gasteiger charge is -2.17. The number of aliphatic hydroxyl groups is 2. The van der Waals surface area contributed by atoms with E-state index in [0.29, 0.717) is 13.0 Å². The van der Waals surface area contributed by atoms with Crippen LogP contribution in [0, 0.1) is 5.92 Å². The number of carbonyl (C=O) groups is 2. The van der Waals surface area contributed by atoms with E-state index in [9.17, 15) is 9.59 Å². The van der Waals surface area contributed by atoms with Gasteiger partial charge in [-0.05, 0) is 6.92 Å². The first-order valence-electron chi connectivity index (χ1n) is 5.97. The van der Waals surface area contributed by atoms with Crippen molar-refractivity contribution in [2.45, 2.75) is 44.6 Å². The van der Waals surface area contributed by atoms with Gasteiger partial charge in [-0.1, -0.05) is 6.92 Å². The number of hydrogen-bond donors (Lipinski definition) is 6. The van der Waals surface area contributed by atoms with E-state index in [2.05, 4.69) is 5.32 Å². The summed E-state index contributed by atoms with van der Waals surface area (Å²) in [7, 11) is 0. The van der Waals surface area contributed by atoms with E-state index in [1.165, 1.54) is 6.92 Å². The zero-order chi connectivity index (χ0) is 15.2. The van der Waals surface area contributed by atoms with Gasteiger partial charge in [-0.15, -0.1) is 0 Å². The van der Waals surface area contributed by atoms with Crippen molar-refractivity contribution in [1.82, 2.24) is 5.32 Å². The topological polar surface area (TPSA) is 153 Å². The summed E-state index contributed by atoms with van der Waals surface area (Å²) in [4.78, 5) is 20.4. The Hall–Kier alpha value is -1.22. The molecule has 0 amide bonds. The second-order valence-corrected chi connectivity index (χ2v) is 4.65. The molecule has 1 saturated heterocycles. The maximum absolute atomic E-state index is 10.2. The number of nitrogens with one attached hydrogen (secondary N) is 1. The average Bonchev–Trinajstić information content (AvgIpc) is 2.74. The Kier molecular flexibility index (Phi) is 7.53. The average molecular weight is 278 g/mol. The molecule has 0 aromatic rings. The molecule has 0 bridgehead atoms. The zero-order valence-electron chi connectivity index (χ0n) is 11.0. The summed E-state index contributed by atoms with van der Waals surface area (Å²) in [6.45, 7) is 3.52. The van der Waals surface area contributed by atoms with Crippen LogP contribution in [0.5, 0.6) is 0 Å². The summed E-state index contributed by atoms with van der Waals surface area (Å²) >= 11 is 0. The monoisotopic (exact) mass is 278 g/mol. The number of rotatable bonds is 4. The van der Waals surface area contributed by atoms with E-state index in [1.807, 2.05) is 0 Å². The summed E-state index contributed by atoms with van der Waals surface area (Å²) in [6, 6.07) is -1.51. The quantitative estimate of drug-likeness (QED) is 0.352. The van der Waals surface area contributed by atoms with Crippen molar-refractivity contribution < 1.29 is 30.0 Å². The van der Waals surface area contributed by atoms with Crippen molar-refractivity contribution in [2.24, 2.45) is 11.7 Å². The normalized spacial score (nSPS) is 26.8. The first-order chi connectivity index (χ1) is 8.66. The number of nitrogens with two attached hydrogens (primary N) is 1. The molecule has 0 saturated carbocycles.